The molecule has 1 aromatic carbocycles. The molecule has 1 nitrogen and oxygen atoms in total. The highest BCUT2D eigenvalue weighted by atomic mass is 79.9. The first-order chi connectivity index (χ1) is 7.04. The minimum atomic E-state index is -0.281. The molecule has 5 heteroatoms. The van der Waals surface area contributed by atoms with E-state index in [2.05, 4.69) is 21.2 Å². The fraction of sp³-hybridized carbons (Fsp3) is 0.200. The van der Waals surface area contributed by atoms with E-state index in [1.54, 1.807) is 6.07 Å². The minimum absolute atomic E-state index is 0.281. The maximum atomic E-state index is 13.1. The molecule has 0 aliphatic heterocycles. The Bertz CT molecular complexity index is 393. The summed E-state index contributed by atoms with van der Waals surface area (Å²) in [6.45, 7) is 2.24. The first kappa shape index (κ1) is 12.8. The predicted octanol–water partition coefficient (Wildman–Crippen LogP) is 4.63. The third-order valence-electron chi connectivity index (χ3n) is 1.83. The van der Waals surface area contributed by atoms with Crippen LogP contribution in [0.25, 0.3) is 0 Å². The van der Waals surface area contributed by atoms with Gasteiger partial charge in [-0.05, 0) is 40.5 Å². The van der Waals surface area contributed by atoms with Gasteiger partial charge in [-0.2, -0.15) is 0 Å². The molecule has 0 aliphatic rings. The molecular formula is C10H9BrCl2FN. The van der Waals surface area contributed by atoms with Crippen molar-refractivity contribution in [2.75, 3.05) is 11.9 Å². The zero-order valence-electron chi connectivity index (χ0n) is 7.95. The molecule has 15 heavy (non-hydrogen) atoms. The van der Waals surface area contributed by atoms with Gasteiger partial charge in [0.1, 0.15) is 5.82 Å². The molecule has 0 amide bonds. The Kier molecular flexibility index (Phi) is 4.90. The lowest BCUT2D eigenvalue weighted by atomic mass is 10.2. The molecule has 0 fully saturated rings. The van der Waals surface area contributed by atoms with Crippen molar-refractivity contribution < 1.29 is 4.39 Å². The first-order valence-electron chi connectivity index (χ1n) is 4.19. The van der Waals surface area contributed by atoms with Crippen LogP contribution < -0.4 is 5.32 Å². The van der Waals surface area contributed by atoms with Gasteiger partial charge in [-0.25, -0.2) is 4.39 Å². The lowest BCUT2D eigenvalue weighted by molar-refractivity contribution is 0.620. The van der Waals surface area contributed by atoms with Gasteiger partial charge < -0.3 is 5.32 Å². The van der Waals surface area contributed by atoms with Crippen LogP contribution in [0.5, 0.6) is 0 Å². The van der Waals surface area contributed by atoms with Crippen molar-refractivity contribution in [2.45, 2.75) is 6.92 Å². The minimum Gasteiger partial charge on any atom is -0.380 e. The van der Waals surface area contributed by atoms with Gasteiger partial charge in [-0.3, -0.25) is 0 Å². The molecule has 0 unspecified atom stereocenters. The number of rotatable bonds is 3. The van der Waals surface area contributed by atoms with Crippen LogP contribution in [0.1, 0.15) is 5.56 Å². The van der Waals surface area contributed by atoms with E-state index >= 15 is 0 Å². The third kappa shape index (κ3) is 3.67. The van der Waals surface area contributed by atoms with Crippen molar-refractivity contribution in [3.8, 4) is 0 Å². The second-order valence-corrected chi connectivity index (χ2v) is 4.55. The molecule has 0 heterocycles. The average molecular weight is 313 g/mol. The van der Waals surface area contributed by atoms with Crippen LogP contribution in [-0.2, 0) is 0 Å². The van der Waals surface area contributed by atoms with Gasteiger partial charge in [0.2, 0.25) is 0 Å². The van der Waals surface area contributed by atoms with Gasteiger partial charge in [0.15, 0.2) is 0 Å². The van der Waals surface area contributed by atoms with Gasteiger partial charge in [-0.1, -0.05) is 23.2 Å². The summed E-state index contributed by atoms with van der Waals surface area (Å²) in [5.41, 5.74) is 2.93. The maximum absolute atomic E-state index is 13.1. The summed E-state index contributed by atoms with van der Waals surface area (Å²) in [6.07, 6.45) is 0. The van der Waals surface area contributed by atoms with Crippen LogP contribution in [0.2, 0.25) is 0 Å². The number of nitrogens with one attached hydrogen (secondary N) is 1. The highest BCUT2D eigenvalue weighted by molar-refractivity contribution is 9.10. The van der Waals surface area contributed by atoms with Crippen LogP contribution in [-0.4, -0.2) is 6.54 Å². The van der Waals surface area contributed by atoms with Crippen molar-refractivity contribution in [3.63, 3.8) is 0 Å². The van der Waals surface area contributed by atoms with E-state index in [0.717, 1.165) is 11.3 Å². The molecule has 0 saturated carbocycles. The van der Waals surface area contributed by atoms with Crippen LogP contribution in [0.4, 0.5) is 10.1 Å². The molecule has 0 aromatic heterocycles. The van der Waals surface area contributed by atoms with E-state index < -0.39 is 0 Å². The molecule has 0 spiro atoms. The molecule has 1 aromatic rings. The Morgan fingerprint density at radius 2 is 2.27 bits per heavy atom. The van der Waals surface area contributed by atoms with Gasteiger partial charge in [0.05, 0.1) is 11.0 Å². The van der Waals surface area contributed by atoms with Gasteiger partial charge in [-0.15, -0.1) is 0 Å². The standard InChI is InChI=1S/C10H9BrCl2FN/c1-6-2-9(14)8(11)3-10(6)15-5-7(13)4-12/h2-4,15H,5H2,1H3/b7-4-. The van der Waals surface area contributed by atoms with E-state index in [1.807, 2.05) is 6.92 Å². The molecule has 82 valence electrons. The van der Waals surface area contributed by atoms with Crippen LogP contribution in [0, 0.1) is 12.7 Å². The second-order valence-electron chi connectivity index (χ2n) is 2.99. The molecule has 1 N–H and O–H groups in total. The van der Waals surface area contributed by atoms with E-state index in [9.17, 15) is 4.39 Å². The molecular weight excluding hydrogens is 304 g/mol. The van der Waals surface area contributed by atoms with Gasteiger partial charge in [0, 0.05) is 16.3 Å². The summed E-state index contributed by atoms with van der Waals surface area (Å²) in [7, 11) is 0. The monoisotopic (exact) mass is 311 g/mol. The molecule has 0 saturated heterocycles. The van der Waals surface area contributed by atoms with E-state index in [0.29, 0.717) is 16.0 Å². The van der Waals surface area contributed by atoms with E-state index in [1.165, 1.54) is 11.6 Å². The molecule has 0 atom stereocenters. The van der Waals surface area contributed by atoms with E-state index in [4.69, 9.17) is 23.2 Å². The Morgan fingerprint density at radius 3 is 2.87 bits per heavy atom. The first-order valence-corrected chi connectivity index (χ1v) is 5.79. The van der Waals surface area contributed by atoms with Gasteiger partial charge >= 0.3 is 0 Å². The van der Waals surface area contributed by atoms with Crippen molar-refractivity contribution >= 4 is 44.8 Å². The smallest absolute Gasteiger partial charge is 0.137 e. The second kappa shape index (κ2) is 5.73. The fourth-order valence-corrected chi connectivity index (χ4v) is 1.54. The number of benzene rings is 1. The van der Waals surface area contributed by atoms with Crippen LogP contribution in [0.3, 0.4) is 0 Å². The van der Waals surface area contributed by atoms with Crippen LogP contribution >= 0.6 is 39.1 Å². The summed E-state index contributed by atoms with van der Waals surface area (Å²) in [6, 6.07) is 3.12. The molecule has 1 rings (SSSR count). The molecule has 0 aliphatic carbocycles. The van der Waals surface area contributed by atoms with Crippen LogP contribution in [0.15, 0.2) is 27.2 Å². The topological polar surface area (TPSA) is 12.0 Å². The zero-order valence-corrected chi connectivity index (χ0v) is 11.0. The Labute approximate surface area is 106 Å². The van der Waals surface area contributed by atoms with Gasteiger partial charge in [0.25, 0.3) is 0 Å². The van der Waals surface area contributed by atoms with Crippen molar-refractivity contribution in [2.24, 2.45) is 0 Å². The number of hydrogen-bond donors (Lipinski definition) is 1. The number of anilines is 1. The number of halogens is 4. The summed E-state index contributed by atoms with van der Waals surface area (Å²) in [5.74, 6) is -0.281. The Balaban J connectivity index is 2.82. The third-order valence-corrected chi connectivity index (χ3v) is 3.06. The number of hydrogen-bond acceptors (Lipinski definition) is 1. The van der Waals surface area contributed by atoms with Crippen molar-refractivity contribution in [1.82, 2.24) is 0 Å². The Morgan fingerprint density at radius 1 is 1.60 bits per heavy atom. The summed E-state index contributed by atoms with van der Waals surface area (Å²) in [5, 5.41) is 3.55. The Hall–Kier alpha value is -0.250. The quantitative estimate of drug-likeness (QED) is 0.858. The fourth-order valence-electron chi connectivity index (χ4n) is 1.05. The number of aryl methyl sites for hydroxylation is 1. The van der Waals surface area contributed by atoms with E-state index in [-0.39, 0.29) is 5.82 Å². The average Bonchev–Trinajstić information content (AvgIpc) is 2.21. The summed E-state index contributed by atoms with van der Waals surface area (Å²) < 4.78 is 13.5. The summed E-state index contributed by atoms with van der Waals surface area (Å²) in [4.78, 5) is 0. The molecule has 0 bridgehead atoms. The lowest BCUT2D eigenvalue weighted by Crippen LogP contribution is -2.03. The maximum Gasteiger partial charge on any atom is 0.137 e. The lowest BCUT2D eigenvalue weighted by Gasteiger charge is -2.09. The SMILES string of the molecule is Cc1cc(F)c(Br)cc1NC/C(Cl)=C/Cl. The zero-order chi connectivity index (χ0) is 11.4. The van der Waals surface area contributed by atoms with Crippen molar-refractivity contribution in [3.05, 3.63) is 38.6 Å². The molecule has 0 radical (unpaired) electrons. The van der Waals surface area contributed by atoms with Crippen molar-refractivity contribution in [1.29, 1.82) is 0 Å². The predicted molar refractivity (Wildman–Crippen MR) is 67.1 cm³/mol. The highest BCUT2D eigenvalue weighted by Crippen LogP contribution is 2.24. The highest BCUT2D eigenvalue weighted by Gasteiger charge is 2.04. The largest absolute Gasteiger partial charge is 0.380 e. The normalized spacial score (nSPS) is 11.7. The summed E-state index contributed by atoms with van der Waals surface area (Å²) >= 11 is 14.2.